The second-order valence-corrected chi connectivity index (χ2v) is 5.35. The second kappa shape index (κ2) is 5.30. The molecule has 0 spiro atoms. The summed E-state index contributed by atoms with van der Waals surface area (Å²) in [6.07, 6.45) is 5.23. The number of nitrogens with zero attached hydrogens (tertiary/aromatic N) is 4. The molecule has 3 aromatic rings. The third-order valence-corrected chi connectivity index (χ3v) is 3.95. The van der Waals surface area contributed by atoms with Crippen molar-refractivity contribution in [3.8, 4) is 0 Å². The van der Waals surface area contributed by atoms with Gasteiger partial charge in [0.05, 0.1) is 33.4 Å². The maximum Gasteiger partial charge on any atom is 0.0938 e. The molecule has 0 amide bonds. The lowest BCUT2D eigenvalue weighted by molar-refractivity contribution is 0.606. The summed E-state index contributed by atoms with van der Waals surface area (Å²) in [5.74, 6) is 0. The molecule has 1 atom stereocenters. The van der Waals surface area contributed by atoms with E-state index in [1.54, 1.807) is 18.6 Å². The molecule has 2 aromatic heterocycles. The lowest BCUT2D eigenvalue weighted by Gasteiger charge is -2.19. The maximum atomic E-state index is 4.47. The van der Waals surface area contributed by atoms with Crippen molar-refractivity contribution in [3.05, 3.63) is 52.5 Å². The lowest BCUT2D eigenvalue weighted by Crippen LogP contribution is -2.21. The summed E-state index contributed by atoms with van der Waals surface area (Å²) in [5, 5.41) is 7.62. The van der Waals surface area contributed by atoms with Gasteiger partial charge in [0.1, 0.15) is 0 Å². The first-order chi connectivity index (χ1) is 9.72. The molecule has 0 aliphatic carbocycles. The predicted molar refractivity (Wildman–Crippen MR) is 81.3 cm³/mol. The van der Waals surface area contributed by atoms with Crippen LogP contribution >= 0.6 is 15.9 Å². The molecule has 0 saturated carbocycles. The van der Waals surface area contributed by atoms with E-state index in [9.17, 15) is 0 Å². The average Bonchev–Trinajstić information content (AvgIpc) is 2.81. The van der Waals surface area contributed by atoms with Crippen LogP contribution < -0.4 is 5.32 Å². The van der Waals surface area contributed by atoms with E-state index in [1.165, 1.54) is 0 Å². The first kappa shape index (κ1) is 13.2. The van der Waals surface area contributed by atoms with Gasteiger partial charge >= 0.3 is 0 Å². The van der Waals surface area contributed by atoms with Crippen molar-refractivity contribution >= 4 is 27.0 Å². The van der Waals surface area contributed by atoms with Crippen LogP contribution in [0.2, 0.25) is 0 Å². The minimum Gasteiger partial charge on any atom is -0.308 e. The molecule has 6 heteroatoms. The predicted octanol–water partition coefficient (Wildman–Crippen LogP) is 2.43. The molecule has 0 saturated heterocycles. The fourth-order valence-electron chi connectivity index (χ4n) is 2.43. The highest BCUT2D eigenvalue weighted by Crippen LogP contribution is 2.30. The summed E-state index contributed by atoms with van der Waals surface area (Å²) in [6, 6.07) is 6.03. The van der Waals surface area contributed by atoms with Gasteiger partial charge in [-0.25, -0.2) is 0 Å². The van der Waals surface area contributed by atoms with Crippen molar-refractivity contribution in [3.63, 3.8) is 0 Å². The first-order valence-electron chi connectivity index (χ1n) is 6.26. The van der Waals surface area contributed by atoms with Crippen molar-refractivity contribution < 1.29 is 0 Å². The van der Waals surface area contributed by atoms with E-state index in [0.717, 1.165) is 26.8 Å². The van der Waals surface area contributed by atoms with Gasteiger partial charge in [0.25, 0.3) is 0 Å². The van der Waals surface area contributed by atoms with Gasteiger partial charge in [-0.2, -0.15) is 5.10 Å². The monoisotopic (exact) mass is 331 g/mol. The van der Waals surface area contributed by atoms with Crippen molar-refractivity contribution in [1.82, 2.24) is 25.1 Å². The summed E-state index contributed by atoms with van der Waals surface area (Å²) in [6.45, 7) is 0. The summed E-state index contributed by atoms with van der Waals surface area (Å²) in [7, 11) is 3.86. The number of aromatic nitrogens is 4. The molecule has 20 heavy (non-hydrogen) atoms. The van der Waals surface area contributed by atoms with Crippen LogP contribution in [0.1, 0.15) is 17.3 Å². The van der Waals surface area contributed by atoms with E-state index in [4.69, 9.17) is 0 Å². The Hall–Kier alpha value is -1.79. The SMILES string of the molecule is CNC(c1cccc2nccnc12)c1c(Br)cnn1C. The zero-order valence-corrected chi connectivity index (χ0v) is 12.8. The van der Waals surface area contributed by atoms with Gasteiger partial charge < -0.3 is 5.32 Å². The molecular formula is C14H14BrN5. The number of hydrogen-bond acceptors (Lipinski definition) is 4. The average molecular weight is 332 g/mol. The molecule has 0 radical (unpaired) electrons. The molecule has 5 nitrogen and oxygen atoms in total. The van der Waals surface area contributed by atoms with E-state index in [-0.39, 0.29) is 6.04 Å². The Morgan fingerprint density at radius 3 is 2.75 bits per heavy atom. The normalized spacial score (nSPS) is 12.8. The van der Waals surface area contributed by atoms with Gasteiger partial charge in [0.15, 0.2) is 0 Å². The van der Waals surface area contributed by atoms with Crippen molar-refractivity contribution in [2.75, 3.05) is 7.05 Å². The van der Waals surface area contributed by atoms with Crippen LogP contribution in [-0.2, 0) is 7.05 Å². The number of aryl methyl sites for hydroxylation is 1. The van der Waals surface area contributed by atoms with E-state index >= 15 is 0 Å². The minimum atomic E-state index is -0.00252. The Balaban J connectivity index is 2.22. The molecule has 0 fully saturated rings. The van der Waals surface area contributed by atoms with Crippen LogP contribution in [0.25, 0.3) is 11.0 Å². The molecule has 1 aromatic carbocycles. The number of halogens is 1. The summed E-state index contributed by atoms with van der Waals surface area (Å²) >= 11 is 3.56. The van der Waals surface area contributed by atoms with Gasteiger partial charge in [-0.05, 0) is 29.0 Å². The third-order valence-electron chi connectivity index (χ3n) is 3.34. The molecular weight excluding hydrogens is 318 g/mol. The van der Waals surface area contributed by atoms with E-state index < -0.39 is 0 Å². The Morgan fingerprint density at radius 2 is 2.05 bits per heavy atom. The van der Waals surface area contributed by atoms with Gasteiger partial charge in [-0.1, -0.05) is 12.1 Å². The van der Waals surface area contributed by atoms with Crippen molar-refractivity contribution in [2.24, 2.45) is 7.05 Å². The highest BCUT2D eigenvalue weighted by molar-refractivity contribution is 9.10. The highest BCUT2D eigenvalue weighted by Gasteiger charge is 2.21. The summed E-state index contributed by atoms with van der Waals surface area (Å²) in [5.41, 5.74) is 3.94. The van der Waals surface area contributed by atoms with E-state index in [0.29, 0.717) is 0 Å². The van der Waals surface area contributed by atoms with Crippen molar-refractivity contribution in [2.45, 2.75) is 6.04 Å². The molecule has 1 N–H and O–H groups in total. The maximum absolute atomic E-state index is 4.47. The van der Waals surface area contributed by atoms with Crippen LogP contribution in [0.15, 0.2) is 41.3 Å². The molecule has 0 aliphatic heterocycles. The number of hydrogen-bond donors (Lipinski definition) is 1. The fourth-order valence-corrected chi connectivity index (χ4v) is 3.01. The highest BCUT2D eigenvalue weighted by atomic mass is 79.9. The lowest BCUT2D eigenvalue weighted by atomic mass is 10.0. The Morgan fingerprint density at radius 1 is 1.25 bits per heavy atom. The van der Waals surface area contributed by atoms with E-state index in [2.05, 4.69) is 42.4 Å². The molecule has 0 bridgehead atoms. The summed E-state index contributed by atoms with van der Waals surface area (Å²) in [4.78, 5) is 8.83. The van der Waals surface area contributed by atoms with Gasteiger partial charge in [-0.3, -0.25) is 14.6 Å². The quantitative estimate of drug-likeness (QED) is 0.800. The van der Waals surface area contributed by atoms with Crippen LogP contribution in [0.5, 0.6) is 0 Å². The smallest absolute Gasteiger partial charge is 0.0938 e. The number of fused-ring (bicyclic) bond motifs is 1. The second-order valence-electron chi connectivity index (χ2n) is 4.49. The molecule has 1 unspecified atom stereocenters. The molecule has 3 rings (SSSR count). The summed E-state index contributed by atoms with van der Waals surface area (Å²) < 4.78 is 2.83. The van der Waals surface area contributed by atoms with Gasteiger partial charge in [0, 0.05) is 25.0 Å². The largest absolute Gasteiger partial charge is 0.308 e. The van der Waals surface area contributed by atoms with Crippen LogP contribution in [0, 0.1) is 0 Å². The van der Waals surface area contributed by atoms with Crippen LogP contribution in [-0.4, -0.2) is 26.8 Å². The number of para-hydroxylation sites is 1. The topological polar surface area (TPSA) is 55.6 Å². The van der Waals surface area contributed by atoms with Crippen LogP contribution in [0.3, 0.4) is 0 Å². The Labute approximate surface area is 125 Å². The third kappa shape index (κ3) is 2.10. The minimum absolute atomic E-state index is 0.00252. The number of nitrogens with one attached hydrogen (secondary N) is 1. The van der Waals surface area contributed by atoms with Crippen molar-refractivity contribution in [1.29, 1.82) is 0 Å². The number of rotatable bonds is 3. The Bertz CT molecular complexity index is 727. The van der Waals surface area contributed by atoms with Gasteiger partial charge in [0.2, 0.25) is 0 Å². The molecule has 0 aliphatic rings. The molecule has 2 heterocycles. The Kier molecular flexibility index (Phi) is 3.50. The molecule has 102 valence electrons. The zero-order chi connectivity index (χ0) is 14.1. The van der Waals surface area contributed by atoms with Crippen LogP contribution in [0.4, 0.5) is 0 Å². The van der Waals surface area contributed by atoms with E-state index in [1.807, 2.05) is 30.9 Å². The standard InChI is InChI=1S/C14H14BrN5/c1-16-13(14-10(15)8-19-20(14)2)9-4-3-5-11-12(9)18-7-6-17-11/h3-8,13,16H,1-2H3. The zero-order valence-electron chi connectivity index (χ0n) is 11.2. The first-order valence-corrected chi connectivity index (χ1v) is 7.06. The fraction of sp³-hybridized carbons (Fsp3) is 0.214. The van der Waals surface area contributed by atoms with Gasteiger partial charge in [-0.15, -0.1) is 0 Å². The number of benzene rings is 1.